The Bertz CT molecular complexity index is 831. The van der Waals surface area contributed by atoms with Crippen molar-refractivity contribution in [2.75, 3.05) is 6.54 Å². The molecule has 0 spiro atoms. The summed E-state index contributed by atoms with van der Waals surface area (Å²) in [5.74, 6) is -1.65. The van der Waals surface area contributed by atoms with Crippen LogP contribution in [-0.2, 0) is 4.79 Å². The summed E-state index contributed by atoms with van der Waals surface area (Å²) < 4.78 is 0.795. The fraction of sp³-hybridized carbons (Fsp3) is 0.375. The molecule has 1 fully saturated rings. The fourth-order valence-electron chi connectivity index (χ4n) is 3.15. The average Bonchev–Trinajstić information content (AvgIpc) is 2.97. The van der Waals surface area contributed by atoms with E-state index >= 15 is 0 Å². The first-order chi connectivity index (χ1) is 11.4. The van der Waals surface area contributed by atoms with Gasteiger partial charge in [-0.3, -0.25) is 19.7 Å². The standard InChI is InChI=1S/C16H16N2O5S/c1-9-12(16(20)21)3-2-6-17(9)15(19)14-8-10-7-11(18(22)23)4-5-13(10)24-14/h4-5,7-9,12H,2-3,6H2,1H3,(H,20,21)/t9-,12-/m1/s1. The normalized spacial score (nSPS) is 21.0. The molecule has 1 amide bonds. The molecule has 2 heterocycles. The molecule has 0 aliphatic carbocycles. The highest BCUT2D eigenvalue weighted by molar-refractivity contribution is 7.20. The van der Waals surface area contributed by atoms with Gasteiger partial charge in [0.1, 0.15) is 0 Å². The van der Waals surface area contributed by atoms with Gasteiger partial charge in [0, 0.05) is 34.8 Å². The molecule has 0 unspecified atom stereocenters. The third-order valence-electron chi connectivity index (χ3n) is 4.49. The minimum Gasteiger partial charge on any atom is -0.481 e. The van der Waals surface area contributed by atoms with E-state index < -0.39 is 16.8 Å². The number of piperidine rings is 1. The highest BCUT2D eigenvalue weighted by Gasteiger charge is 2.36. The van der Waals surface area contributed by atoms with Crippen LogP contribution in [0.25, 0.3) is 10.1 Å². The summed E-state index contributed by atoms with van der Waals surface area (Å²) in [5, 5.41) is 20.8. The molecule has 1 aliphatic rings. The largest absolute Gasteiger partial charge is 0.481 e. The number of amides is 1. The molecule has 1 saturated heterocycles. The lowest BCUT2D eigenvalue weighted by molar-refractivity contribution is -0.384. The number of benzene rings is 1. The first-order valence-electron chi connectivity index (χ1n) is 7.60. The van der Waals surface area contributed by atoms with E-state index in [4.69, 9.17) is 0 Å². The first kappa shape index (κ1) is 16.4. The molecule has 1 aliphatic heterocycles. The van der Waals surface area contributed by atoms with E-state index in [1.807, 2.05) is 0 Å². The Kier molecular flexibility index (Phi) is 4.23. The van der Waals surface area contributed by atoms with Gasteiger partial charge in [-0.05, 0) is 31.9 Å². The van der Waals surface area contributed by atoms with Crippen LogP contribution in [-0.4, -0.2) is 39.4 Å². The molecule has 24 heavy (non-hydrogen) atoms. The van der Waals surface area contributed by atoms with Crippen LogP contribution in [0, 0.1) is 16.0 Å². The summed E-state index contributed by atoms with van der Waals surface area (Å²) >= 11 is 1.27. The van der Waals surface area contributed by atoms with Crippen molar-refractivity contribution in [3.05, 3.63) is 39.3 Å². The highest BCUT2D eigenvalue weighted by atomic mass is 32.1. The summed E-state index contributed by atoms with van der Waals surface area (Å²) in [4.78, 5) is 36.5. The topological polar surface area (TPSA) is 101 Å². The van der Waals surface area contributed by atoms with Gasteiger partial charge < -0.3 is 10.0 Å². The van der Waals surface area contributed by atoms with E-state index in [1.54, 1.807) is 24.0 Å². The molecule has 0 bridgehead atoms. The number of nitro groups is 1. The number of carbonyl (C=O) groups excluding carboxylic acids is 1. The van der Waals surface area contributed by atoms with Crippen LogP contribution in [0.5, 0.6) is 0 Å². The van der Waals surface area contributed by atoms with Crippen LogP contribution in [0.4, 0.5) is 5.69 Å². The molecule has 0 saturated carbocycles. The Labute approximate surface area is 141 Å². The number of hydrogen-bond acceptors (Lipinski definition) is 5. The highest BCUT2D eigenvalue weighted by Crippen LogP contribution is 2.32. The number of fused-ring (bicyclic) bond motifs is 1. The Morgan fingerprint density at radius 2 is 2.12 bits per heavy atom. The first-order valence-corrected chi connectivity index (χ1v) is 8.42. The van der Waals surface area contributed by atoms with E-state index in [1.165, 1.54) is 23.5 Å². The second kappa shape index (κ2) is 6.20. The van der Waals surface area contributed by atoms with Gasteiger partial charge in [0.05, 0.1) is 15.7 Å². The molecule has 8 heteroatoms. The molecular weight excluding hydrogens is 332 g/mol. The van der Waals surface area contributed by atoms with Crippen molar-refractivity contribution in [1.29, 1.82) is 0 Å². The summed E-state index contributed by atoms with van der Waals surface area (Å²) in [7, 11) is 0. The zero-order valence-electron chi connectivity index (χ0n) is 13.0. The molecule has 2 atom stereocenters. The molecule has 126 valence electrons. The van der Waals surface area contributed by atoms with Crippen molar-refractivity contribution >= 4 is 39.0 Å². The monoisotopic (exact) mass is 348 g/mol. The number of likely N-dealkylation sites (tertiary alicyclic amines) is 1. The van der Waals surface area contributed by atoms with E-state index in [2.05, 4.69) is 0 Å². The molecule has 0 radical (unpaired) electrons. The van der Waals surface area contributed by atoms with Gasteiger partial charge in [-0.2, -0.15) is 0 Å². The van der Waals surface area contributed by atoms with Crippen LogP contribution in [0.15, 0.2) is 24.3 Å². The van der Waals surface area contributed by atoms with Crippen LogP contribution < -0.4 is 0 Å². The molecule has 3 rings (SSSR count). The van der Waals surface area contributed by atoms with Crippen LogP contribution in [0.1, 0.15) is 29.4 Å². The van der Waals surface area contributed by atoms with Crippen molar-refractivity contribution < 1.29 is 19.6 Å². The van der Waals surface area contributed by atoms with Gasteiger partial charge in [0.25, 0.3) is 11.6 Å². The maximum atomic E-state index is 12.8. The zero-order valence-corrected chi connectivity index (χ0v) is 13.8. The summed E-state index contributed by atoms with van der Waals surface area (Å²) in [6.45, 7) is 2.28. The molecule has 1 aromatic heterocycles. The average molecular weight is 348 g/mol. The summed E-state index contributed by atoms with van der Waals surface area (Å²) in [6, 6.07) is 5.77. The van der Waals surface area contributed by atoms with Crippen molar-refractivity contribution in [1.82, 2.24) is 4.90 Å². The van der Waals surface area contributed by atoms with Crippen molar-refractivity contribution in [2.24, 2.45) is 5.92 Å². The Morgan fingerprint density at radius 3 is 2.79 bits per heavy atom. The van der Waals surface area contributed by atoms with Gasteiger partial charge in [0.2, 0.25) is 0 Å². The Morgan fingerprint density at radius 1 is 1.38 bits per heavy atom. The number of carboxylic acids is 1. The lowest BCUT2D eigenvalue weighted by atomic mass is 9.90. The van der Waals surface area contributed by atoms with Gasteiger partial charge >= 0.3 is 5.97 Å². The van der Waals surface area contributed by atoms with Gasteiger partial charge in [-0.25, -0.2) is 0 Å². The number of rotatable bonds is 3. The van der Waals surface area contributed by atoms with E-state index in [-0.39, 0.29) is 17.6 Å². The third kappa shape index (κ3) is 2.84. The van der Waals surface area contributed by atoms with Gasteiger partial charge in [0.15, 0.2) is 0 Å². The maximum Gasteiger partial charge on any atom is 0.308 e. The second-order valence-electron chi connectivity index (χ2n) is 5.92. The third-order valence-corrected chi connectivity index (χ3v) is 5.59. The second-order valence-corrected chi connectivity index (χ2v) is 7.00. The predicted molar refractivity (Wildman–Crippen MR) is 89.3 cm³/mol. The molecule has 1 N–H and O–H groups in total. The molecule has 1 aromatic carbocycles. The number of carbonyl (C=O) groups is 2. The van der Waals surface area contributed by atoms with Crippen molar-refractivity contribution in [3.63, 3.8) is 0 Å². The van der Waals surface area contributed by atoms with E-state index in [9.17, 15) is 24.8 Å². The van der Waals surface area contributed by atoms with Crippen LogP contribution >= 0.6 is 11.3 Å². The molecular formula is C16H16N2O5S. The fourth-order valence-corrected chi connectivity index (χ4v) is 4.15. The molecule has 7 nitrogen and oxygen atoms in total. The van der Waals surface area contributed by atoms with E-state index in [0.29, 0.717) is 29.6 Å². The maximum absolute atomic E-state index is 12.8. The number of aliphatic carboxylic acids is 1. The van der Waals surface area contributed by atoms with Crippen LogP contribution in [0.3, 0.4) is 0 Å². The van der Waals surface area contributed by atoms with Crippen LogP contribution in [0.2, 0.25) is 0 Å². The number of hydrogen-bond donors (Lipinski definition) is 1. The number of thiophene rings is 1. The Hall–Kier alpha value is -2.48. The van der Waals surface area contributed by atoms with E-state index in [0.717, 1.165) is 4.70 Å². The number of carboxylic acid groups (broad SMARTS) is 1. The zero-order chi connectivity index (χ0) is 17.4. The summed E-state index contributed by atoms with van der Waals surface area (Å²) in [6.07, 6.45) is 1.22. The van der Waals surface area contributed by atoms with Gasteiger partial charge in [-0.15, -0.1) is 11.3 Å². The lowest BCUT2D eigenvalue weighted by Crippen LogP contribution is -2.48. The minimum atomic E-state index is -0.882. The number of nitro benzene ring substituents is 1. The smallest absolute Gasteiger partial charge is 0.308 e. The Balaban J connectivity index is 1.90. The SMILES string of the molecule is C[C@@H]1[C@H](C(=O)O)CCCN1C(=O)c1cc2cc([N+](=O)[O-])ccc2s1. The number of non-ortho nitro benzene ring substituents is 1. The molecule has 2 aromatic rings. The summed E-state index contributed by atoms with van der Waals surface area (Å²) in [5.41, 5.74) is -0.0171. The predicted octanol–water partition coefficient (Wildman–Crippen LogP) is 3.13. The van der Waals surface area contributed by atoms with Gasteiger partial charge in [-0.1, -0.05) is 0 Å². The minimum absolute atomic E-state index is 0.0171. The van der Waals surface area contributed by atoms with Crippen molar-refractivity contribution in [2.45, 2.75) is 25.8 Å². The van der Waals surface area contributed by atoms with Crippen molar-refractivity contribution in [3.8, 4) is 0 Å². The number of nitrogens with zero attached hydrogens (tertiary/aromatic N) is 2. The quantitative estimate of drug-likeness (QED) is 0.678. The lowest BCUT2D eigenvalue weighted by Gasteiger charge is -2.37.